The van der Waals surface area contributed by atoms with Crippen LogP contribution in [0.15, 0.2) is 0 Å². The fourth-order valence-corrected chi connectivity index (χ4v) is 3.71. The fraction of sp³-hybridized carbons (Fsp3) is 1.00. The lowest BCUT2D eigenvalue weighted by Crippen LogP contribution is -2.54. The van der Waals surface area contributed by atoms with Gasteiger partial charge in [0.1, 0.15) is 74.3 Å². The van der Waals surface area contributed by atoms with Crippen molar-refractivity contribution in [2.24, 2.45) is 0 Å². The first-order chi connectivity index (χ1) is 15.9. The minimum atomic E-state index is -2.24. The van der Waals surface area contributed by atoms with E-state index in [-0.39, 0.29) is 0 Å². The van der Waals surface area contributed by atoms with Crippen LogP contribution < -0.4 is 0 Å². The van der Waals surface area contributed by atoms with Crippen molar-refractivity contribution in [3.63, 3.8) is 0 Å². The molecule has 202 valence electrons. The third kappa shape index (κ3) is 5.68. The van der Waals surface area contributed by atoms with Crippen molar-refractivity contribution in [1.82, 2.24) is 0 Å². The van der Waals surface area contributed by atoms with Crippen molar-refractivity contribution >= 4 is 0 Å². The first-order valence-corrected chi connectivity index (χ1v) is 10.4. The van der Waals surface area contributed by atoms with E-state index < -0.39 is 112 Å². The summed E-state index contributed by atoms with van der Waals surface area (Å²) in [5, 5.41) is 118. The molecule has 0 spiro atoms. The van der Waals surface area contributed by atoms with Crippen LogP contribution in [-0.4, -0.2) is 174 Å². The van der Waals surface area contributed by atoms with Gasteiger partial charge in [-0.15, -0.1) is 0 Å². The number of hydrogen-bond donors (Lipinski definition) is 12. The summed E-state index contributed by atoms with van der Waals surface area (Å²) in [4.78, 5) is 0. The van der Waals surface area contributed by atoms with Crippen LogP contribution in [0, 0.1) is 0 Å². The Bertz CT molecular complexity index is 575. The normalized spacial score (nSPS) is 42.0. The SMILES string of the molecule is OC[C@H]1O[C@](CO)(OC[C@@H](O)[C@@H](O)[C@H](O)[C@H](O)CO[C@@]2(CO)O[C@H](CO)[C@@H](O)[C@@H]2O)[C@@H](O)[C@@H]1O. The van der Waals surface area contributed by atoms with Gasteiger partial charge in [0.15, 0.2) is 0 Å². The van der Waals surface area contributed by atoms with Gasteiger partial charge in [-0.3, -0.25) is 0 Å². The summed E-state index contributed by atoms with van der Waals surface area (Å²) in [5.41, 5.74) is 0. The van der Waals surface area contributed by atoms with Gasteiger partial charge in [-0.05, 0) is 0 Å². The van der Waals surface area contributed by atoms with Crippen LogP contribution in [0.3, 0.4) is 0 Å². The maximum atomic E-state index is 10.1. The minimum Gasteiger partial charge on any atom is -0.394 e. The first kappa shape index (κ1) is 29.6. The number of aliphatic hydroxyl groups is 12. The Morgan fingerprint density at radius 2 is 0.941 bits per heavy atom. The van der Waals surface area contributed by atoms with Gasteiger partial charge in [0.05, 0.1) is 26.4 Å². The van der Waals surface area contributed by atoms with E-state index in [1.807, 2.05) is 0 Å². The lowest BCUT2D eigenvalue weighted by molar-refractivity contribution is -0.292. The molecule has 0 aromatic rings. The van der Waals surface area contributed by atoms with Crippen molar-refractivity contribution in [2.75, 3.05) is 39.6 Å². The molecule has 0 aromatic heterocycles. The highest BCUT2D eigenvalue weighted by molar-refractivity contribution is 4.98. The molecule has 12 N–H and O–H groups in total. The summed E-state index contributed by atoms with van der Waals surface area (Å²) in [7, 11) is 0. The van der Waals surface area contributed by atoms with Crippen molar-refractivity contribution in [1.29, 1.82) is 0 Å². The third-order valence-electron chi connectivity index (χ3n) is 5.95. The summed E-state index contributed by atoms with van der Waals surface area (Å²) in [5.74, 6) is -4.48. The van der Waals surface area contributed by atoms with E-state index in [1.54, 1.807) is 0 Å². The van der Waals surface area contributed by atoms with E-state index in [0.717, 1.165) is 0 Å². The summed E-state index contributed by atoms with van der Waals surface area (Å²) in [6, 6.07) is 0. The first-order valence-electron chi connectivity index (χ1n) is 10.4. The summed E-state index contributed by atoms with van der Waals surface area (Å²) < 4.78 is 20.5. The molecular formula is C18H34O16. The molecule has 2 fully saturated rings. The number of aliphatic hydroxyl groups excluding tert-OH is 12. The predicted octanol–water partition coefficient (Wildman–Crippen LogP) is -7.93. The monoisotopic (exact) mass is 506 g/mol. The van der Waals surface area contributed by atoms with Gasteiger partial charge in [-0.1, -0.05) is 0 Å². The van der Waals surface area contributed by atoms with Crippen LogP contribution in [-0.2, 0) is 18.9 Å². The summed E-state index contributed by atoms with van der Waals surface area (Å²) in [6.45, 7) is -5.19. The Kier molecular flexibility index (Phi) is 10.5. The molecule has 0 aliphatic carbocycles. The van der Waals surface area contributed by atoms with Crippen LogP contribution in [0.25, 0.3) is 0 Å². The van der Waals surface area contributed by atoms with E-state index in [1.165, 1.54) is 0 Å². The van der Waals surface area contributed by atoms with E-state index >= 15 is 0 Å². The second-order valence-electron chi connectivity index (χ2n) is 8.23. The maximum Gasteiger partial charge on any atom is 0.221 e. The Morgan fingerprint density at radius 1 is 0.618 bits per heavy atom. The topological polar surface area (TPSA) is 280 Å². The molecular weight excluding hydrogens is 472 g/mol. The van der Waals surface area contributed by atoms with Crippen LogP contribution in [0.4, 0.5) is 0 Å². The molecule has 2 saturated heterocycles. The van der Waals surface area contributed by atoms with Gasteiger partial charge in [0.25, 0.3) is 0 Å². The maximum absolute atomic E-state index is 10.1. The molecule has 2 aliphatic rings. The van der Waals surface area contributed by atoms with Crippen molar-refractivity contribution in [3.8, 4) is 0 Å². The second-order valence-corrected chi connectivity index (χ2v) is 8.23. The second kappa shape index (κ2) is 12.1. The van der Waals surface area contributed by atoms with Crippen LogP contribution >= 0.6 is 0 Å². The smallest absolute Gasteiger partial charge is 0.221 e. The molecule has 0 aromatic carbocycles. The molecule has 0 saturated carbocycles. The average molecular weight is 506 g/mol. The molecule has 0 amide bonds. The fourth-order valence-electron chi connectivity index (χ4n) is 3.71. The van der Waals surface area contributed by atoms with Gasteiger partial charge in [0, 0.05) is 0 Å². The molecule has 0 unspecified atom stereocenters. The molecule has 2 rings (SSSR count). The van der Waals surface area contributed by atoms with Gasteiger partial charge >= 0.3 is 0 Å². The molecule has 0 bridgehead atoms. The Hall–Kier alpha value is -0.640. The van der Waals surface area contributed by atoms with Crippen molar-refractivity contribution in [2.45, 2.75) is 72.6 Å². The standard InChI is InChI=1S/C18H34O16/c19-1-9-13(27)15(29)17(5-21,33-9)31-3-7(23)11(25)12(26)8(24)4-32-18(6-22)16(30)14(28)10(2-20)34-18/h7-16,19-30H,1-6H2/t7-,8-,9-,10-,11-,12-,13-,14-,15+,16+,17+,18+/m1/s1. The predicted molar refractivity (Wildman–Crippen MR) is 104 cm³/mol. The van der Waals surface area contributed by atoms with Crippen molar-refractivity contribution < 1.29 is 80.2 Å². The third-order valence-corrected chi connectivity index (χ3v) is 5.95. The zero-order valence-electron chi connectivity index (χ0n) is 18.0. The van der Waals surface area contributed by atoms with Crippen LogP contribution in [0.5, 0.6) is 0 Å². The summed E-state index contributed by atoms with van der Waals surface area (Å²) >= 11 is 0. The Balaban J connectivity index is 1.93. The zero-order chi connectivity index (χ0) is 25.8. The largest absolute Gasteiger partial charge is 0.394 e. The highest BCUT2D eigenvalue weighted by Crippen LogP contribution is 2.34. The number of ether oxygens (including phenoxy) is 4. The summed E-state index contributed by atoms with van der Waals surface area (Å²) in [6.07, 6.45) is -17.6. The molecule has 2 heterocycles. The van der Waals surface area contributed by atoms with Gasteiger partial charge < -0.3 is 80.2 Å². The Morgan fingerprint density at radius 3 is 1.18 bits per heavy atom. The minimum absolute atomic E-state index is 0.719. The quantitative estimate of drug-likeness (QED) is 0.110. The highest BCUT2D eigenvalue weighted by atomic mass is 16.7. The van der Waals surface area contributed by atoms with E-state index in [9.17, 15) is 51.1 Å². The van der Waals surface area contributed by atoms with E-state index in [0.29, 0.717) is 0 Å². The molecule has 16 heteroatoms. The van der Waals surface area contributed by atoms with E-state index in [4.69, 9.17) is 29.2 Å². The molecule has 0 radical (unpaired) electrons. The van der Waals surface area contributed by atoms with Crippen LogP contribution in [0.1, 0.15) is 0 Å². The van der Waals surface area contributed by atoms with Crippen molar-refractivity contribution in [3.05, 3.63) is 0 Å². The number of rotatable bonds is 13. The van der Waals surface area contributed by atoms with Crippen LogP contribution in [0.2, 0.25) is 0 Å². The number of hydrogen-bond acceptors (Lipinski definition) is 16. The lowest BCUT2D eigenvalue weighted by atomic mass is 10.0. The molecule has 34 heavy (non-hydrogen) atoms. The van der Waals surface area contributed by atoms with Gasteiger partial charge in [-0.2, -0.15) is 0 Å². The van der Waals surface area contributed by atoms with Gasteiger partial charge in [0.2, 0.25) is 11.6 Å². The van der Waals surface area contributed by atoms with E-state index in [2.05, 4.69) is 0 Å². The molecule has 2 aliphatic heterocycles. The average Bonchev–Trinajstić information content (AvgIpc) is 3.25. The Labute approximate surface area is 193 Å². The highest BCUT2D eigenvalue weighted by Gasteiger charge is 2.56. The van der Waals surface area contributed by atoms with Gasteiger partial charge in [-0.25, -0.2) is 0 Å². The molecule has 16 nitrogen and oxygen atoms in total. The zero-order valence-corrected chi connectivity index (χ0v) is 18.0. The lowest BCUT2D eigenvalue weighted by Gasteiger charge is -2.34. The molecule has 12 atom stereocenters.